The summed E-state index contributed by atoms with van der Waals surface area (Å²) >= 11 is 13.5. The maximum absolute atomic E-state index is 14.0. The van der Waals surface area contributed by atoms with Crippen LogP contribution in [0.5, 0.6) is 11.5 Å². The van der Waals surface area contributed by atoms with Gasteiger partial charge in [0, 0.05) is 21.2 Å². The molecule has 0 N–H and O–H groups in total. The second kappa shape index (κ2) is 13.2. The molecule has 10 heteroatoms. The maximum Gasteiger partial charge on any atom is 0.338 e. The lowest BCUT2D eigenvalue weighted by atomic mass is 9.95. The molecule has 1 aliphatic rings. The molecule has 0 spiro atoms. The molecule has 3 aromatic carbocycles. The predicted octanol–water partition coefficient (Wildman–Crippen LogP) is 6.47. The molecule has 43 heavy (non-hydrogen) atoms. The van der Waals surface area contributed by atoms with Crippen molar-refractivity contribution in [3.05, 3.63) is 124 Å². The van der Waals surface area contributed by atoms with Crippen LogP contribution in [0.2, 0.25) is 10.0 Å². The number of ether oxygens (including phenoxy) is 3. The van der Waals surface area contributed by atoms with Gasteiger partial charge in [0.15, 0.2) is 4.80 Å². The molecule has 1 atom stereocenters. The number of para-hydroxylation sites is 1. The van der Waals surface area contributed by atoms with E-state index >= 15 is 0 Å². The highest BCUT2D eigenvalue weighted by molar-refractivity contribution is 7.07. The molecule has 0 fully saturated rings. The van der Waals surface area contributed by atoms with Gasteiger partial charge >= 0.3 is 5.97 Å². The van der Waals surface area contributed by atoms with E-state index in [1.807, 2.05) is 68.4 Å². The van der Waals surface area contributed by atoms with E-state index in [9.17, 15) is 9.59 Å². The lowest BCUT2D eigenvalue weighted by Crippen LogP contribution is -2.40. The number of benzene rings is 3. The first kappa shape index (κ1) is 30.6. The third-order valence-corrected chi connectivity index (χ3v) is 8.25. The number of thiazole rings is 1. The number of rotatable bonds is 9. The molecular weight excluding hydrogens is 607 g/mol. The molecular formula is C33H30Cl2N2O5S. The zero-order valence-electron chi connectivity index (χ0n) is 24.1. The van der Waals surface area contributed by atoms with Gasteiger partial charge in [-0.3, -0.25) is 9.36 Å². The third kappa shape index (κ3) is 6.72. The Hall–Kier alpha value is -3.85. The van der Waals surface area contributed by atoms with Crippen LogP contribution in [-0.4, -0.2) is 23.2 Å². The summed E-state index contributed by atoms with van der Waals surface area (Å²) in [6, 6.07) is 19.4. The minimum atomic E-state index is -0.761. The van der Waals surface area contributed by atoms with Crippen molar-refractivity contribution in [2.45, 2.75) is 46.4 Å². The molecule has 2 heterocycles. The van der Waals surface area contributed by atoms with Crippen LogP contribution in [0, 0.1) is 0 Å². The molecule has 0 amide bonds. The van der Waals surface area contributed by atoms with Crippen LogP contribution >= 0.6 is 34.5 Å². The topological polar surface area (TPSA) is 79.1 Å². The van der Waals surface area contributed by atoms with E-state index in [1.54, 1.807) is 36.6 Å². The zero-order chi connectivity index (χ0) is 30.7. The molecule has 1 aliphatic heterocycles. The summed E-state index contributed by atoms with van der Waals surface area (Å²) in [6.45, 7) is 7.86. The minimum Gasteiger partial charge on any atom is -0.491 e. The Morgan fingerprint density at radius 3 is 2.53 bits per heavy atom. The highest BCUT2D eigenvalue weighted by Gasteiger charge is 2.35. The fourth-order valence-corrected chi connectivity index (χ4v) is 6.27. The van der Waals surface area contributed by atoms with Gasteiger partial charge in [-0.2, -0.15) is 0 Å². The van der Waals surface area contributed by atoms with Gasteiger partial charge in [-0.1, -0.05) is 70.9 Å². The summed E-state index contributed by atoms with van der Waals surface area (Å²) in [6.07, 6.45) is 1.70. The first-order valence-corrected chi connectivity index (χ1v) is 15.4. The van der Waals surface area contributed by atoms with Gasteiger partial charge in [0.25, 0.3) is 5.56 Å². The number of fused-ring (bicyclic) bond motifs is 1. The van der Waals surface area contributed by atoms with Crippen molar-refractivity contribution in [3.8, 4) is 11.5 Å². The number of nitrogens with zero attached hydrogens (tertiary/aromatic N) is 2. The molecule has 4 aromatic rings. The van der Waals surface area contributed by atoms with E-state index in [1.165, 1.54) is 11.3 Å². The number of carbonyl (C=O) groups excluding carboxylic acids is 1. The quantitative estimate of drug-likeness (QED) is 0.197. The number of allylic oxidation sites excluding steroid dienone is 1. The fraction of sp³-hybridized carbons (Fsp3) is 0.242. The first-order chi connectivity index (χ1) is 20.7. The van der Waals surface area contributed by atoms with E-state index in [-0.39, 0.29) is 24.9 Å². The third-order valence-electron chi connectivity index (χ3n) is 6.68. The summed E-state index contributed by atoms with van der Waals surface area (Å²) in [5.41, 5.74) is 2.86. The van der Waals surface area contributed by atoms with Crippen LogP contribution in [0.4, 0.5) is 0 Å². The molecule has 222 valence electrons. The van der Waals surface area contributed by atoms with Gasteiger partial charge in [0.05, 0.1) is 28.5 Å². The molecule has 0 radical (unpaired) electrons. The van der Waals surface area contributed by atoms with Crippen molar-refractivity contribution in [2.24, 2.45) is 4.99 Å². The van der Waals surface area contributed by atoms with Crippen molar-refractivity contribution in [3.63, 3.8) is 0 Å². The van der Waals surface area contributed by atoms with Crippen LogP contribution in [0.25, 0.3) is 6.08 Å². The summed E-state index contributed by atoms with van der Waals surface area (Å²) < 4.78 is 19.4. The number of esters is 1. The Morgan fingerprint density at radius 2 is 1.84 bits per heavy atom. The van der Waals surface area contributed by atoms with E-state index in [4.69, 9.17) is 37.4 Å². The summed E-state index contributed by atoms with van der Waals surface area (Å²) in [5.74, 6) is 0.725. The second-order valence-electron chi connectivity index (χ2n) is 10.1. The number of halogens is 2. The SMILES string of the molecule is CCOC(=O)C1=C(C)N=c2s/c(=C/c3ccc(OCc4ccc(Cl)cc4Cl)cc3)c(=O)n2[C@@H]1c1ccccc1OC(C)C. The minimum absolute atomic E-state index is 0.108. The van der Waals surface area contributed by atoms with Crippen molar-refractivity contribution in [1.29, 1.82) is 0 Å². The largest absolute Gasteiger partial charge is 0.491 e. The molecule has 0 saturated carbocycles. The van der Waals surface area contributed by atoms with Crippen LogP contribution < -0.4 is 24.4 Å². The zero-order valence-corrected chi connectivity index (χ0v) is 26.4. The van der Waals surface area contributed by atoms with E-state index in [0.717, 1.165) is 11.1 Å². The molecule has 7 nitrogen and oxygen atoms in total. The molecule has 0 aliphatic carbocycles. The summed E-state index contributed by atoms with van der Waals surface area (Å²) in [5, 5.41) is 1.10. The van der Waals surface area contributed by atoms with Crippen LogP contribution in [0.3, 0.4) is 0 Å². The van der Waals surface area contributed by atoms with Gasteiger partial charge < -0.3 is 14.2 Å². The Kier molecular flexibility index (Phi) is 9.40. The monoisotopic (exact) mass is 636 g/mol. The van der Waals surface area contributed by atoms with Gasteiger partial charge in [-0.25, -0.2) is 9.79 Å². The molecule has 5 rings (SSSR count). The lowest BCUT2D eigenvalue weighted by molar-refractivity contribution is -0.139. The number of hydrogen-bond donors (Lipinski definition) is 0. The lowest BCUT2D eigenvalue weighted by Gasteiger charge is -2.26. The summed E-state index contributed by atoms with van der Waals surface area (Å²) in [4.78, 5) is 32.4. The van der Waals surface area contributed by atoms with Gasteiger partial charge in [0.2, 0.25) is 0 Å². The van der Waals surface area contributed by atoms with Crippen LogP contribution in [-0.2, 0) is 16.1 Å². The fourth-order valence-electron chi connectivity index (χ4n) is 4.76. The Balaban J connectivity index is 1.52. The van der Waals surface area contributed by atoms with Gasteiger partial charge in [-0.05, 0) is 69.7 Å². The molecule has 0 saturated heterocycles. The number of aromatic nitrogens is 1. The summed E-state index contributed by atoms with van der Waals surface area (Å²) in [7, 11) is 0. The van der Waals surface area contributed by atoms with Crippen molar-refractivity contribution in [1.82, 2.24) is 4.57 Å². The molecule has 1 aromatic heterocycles. The van der Waals surface area contributed by atoms with E-state index < -0.39 is 12.0 Å². The number of hydrogen-bond acceptors (Lipinski definition) is 7. The Morgan fingerprint density at radius 1 is 1.09 bits per heavy atom. The number of carbonyl (C=O) groups is 1. The van der Waals surface area contributed by atoms with Gasteiger partial charge in [0.1, 0.15) is 24.1 Å². The average Bonchev–Trinajstić information content (AvgIpc) is 3.26. The predicted molar refractivity (Wildman–Crippen MR) is 170 cm³/mol. The second-order valence-corrected chi connectivity index (χ2v) is 12.0. The Labute approximate surface area is 263 Å². The normalized spacial score (nSPS) is 14.9. The van der Waals surface area contributed by atoms with Crippen LogP contribution in [0.1, 0.15) is 50.4 Å². The highest BCUT2D eigenvalue weighted by atomic mass is 35.5. The molecule has 0 bridgehead atoms. The standard InChI is InChI=1S/C33H30Cl2N2O5S/c1-5-40-32(39)29-20(4)36-33-37(30(29)25-8-6-7-9-27(25)42-19(2)3)31(38)28(43-33)16-21-10-14-24(15-11-21)41-18-22-12-13-23(34)17-26(22)35/h6-17,19,30H,5,18H2,1-4H3/b28-16+/t30-/m1/s1. The van der Waals surface area contributed by atoms with Gasteiger partial charge in [-0.15, -0.1) is 0 Å². The smallest absolute Gasteiger partial charge is 0.338 e. The van der Waals surface area contributed by atoms with E-state index in [2.05, 4.69) is 4.99 Å². The average molecular weight is 638 g/mol. The first-order valence-electron chi connectivity index (χ1n) is 13.8. The maximum atomic E-state index is 14.0. The van der Waals surface area contributed by atoms with E-state index in [0.29, 0.717) is 47.7 Å². The van der Waals surface area contributed by atoms with Crippen molar-refractivity contribution >= 4 is 46.6 Å². The van der Waals surface area contributed by atoms with Crippen molar-refractivity contribution in [2.75, 3.05) is 6.61 Å². The van der Waals surface area contributed by atoms with Crippen molar-refractivity contribution < 1.29 is 19.0 Å². The molecule has 0 unspecified atom stereocenters. The Bertz CT molecular complexity index is 1880. The van der Waals surface area contributed by atoms with Crippen LogP contribution in [0.15, 0.2) is 87.8 Å². The highest BCUT2D eigenvalue weighted by Crippen LogP contribution is 2.36.